The standard InChI is InChI=1S/C14H20N2O/c1-17-13-5-3-2-4-12(13)14(7-8-14)16-11-6-9-15-10-11/h2-5,11,15-16H,6-10H2,1H3. The summed E-state index contributed by atoms with van der Waals surface area (Å²) < 4.78 is 5.48. The van der Waals surface area contributed by atoms with Crippen molar-refractivity contribution >= 4 is 0 Å². The molecule has 3 heteroatoms. The lowest BCUT2D eigenvalue weighted by Crippen LogP contribution is -2.39. The van der Waals surface area contributed by atoms with Crippen molar-refractivity contribution in [2.75, 3.05) is 20.2 Å². The second-order valence-corrected chi connectivity index (χ2v) is 5.12. The van der Waals surface area contributed by atoms with Gasteiger partial charge in [0, 0.05) is 23.7 Å². The number of nitrogens with one attached hydrogen (secondary N) is 2. The Bertz CT molecular complexity index is 395. The summed E-state index contributed by atoms with van der Waals surface area (Å²) in [5.41, 5.74) is 1.51. The molecule has 1 unspecified atom stereocenters. The summed E-state index contributed by atoms with van der Waals surface area (Å²) in [7, 11) is 1.76. The molecule has 2 aliphatic rings. The molecule has 1 aliphatic carbocycles. The number of hydrogen-bond donors (Lipinski definition) is 2. The summed E-state index contributed by atoms with van der Waals surface area (Å²) in [6, 6.07) is 9.01. The van der Waals surface area contributed by atoms with Gasteiger partial charge < -0.3 is 15.4 Å². The van der Waals surface area contributed by atoms with Crippen LogP contribution in [0.15, 0.2) is 24.3 Å². The van der Waals surface area contributed by atoms with Crippen molar-refractivity contribution in [1.82, 2.24) is 10.6 Å². The summed E-state index contributed by atoms with van der Waals surface area (Å²) in [5, 5.41) is 7.22. The summed E-state index contributed by atoms with van der Waals surface area (Å²) >= 11 is 0. The fraction of sp³-hybridized carbons (Fsp3) is 0.571. The van der Waals surface area contributed by atoms with Gasteiger partial charge in [-0.2, -0.15) is 0 Å². The molecular weight excluding hydrogens is 212 g/mol. The van der Waals surface area contributed by atoms with E-state index in [0.29, 0.717) is 6.04 Å². The van der Waals surface area contributed by atoms with E-state index in [0.717, 1.165) is 18.8 Å². The molecule has 2 fully saturated rings. The third kappa shape index (κ3) is 2.05. The molecule has 1 aliphatic heterocycles. The first kappa shape index (κ1) is 11.1. The van der Waals surface area contributed by atoms with Gasteiger partial charge in [-0.1, -0.05) is 18.2 Å². The normalized spacial score (nSPS) is 25.8. The monoisotopic (exact) mass is 232 g/mol. The molecule has 92 valence electrons. The molecule has 1 saturated carbocycles. The van der Waals surface area contributed by atoms with E-state index < -0.39 is 0 Å². The molecule has 1 aromatic carbocycles. The van der Waals surface area contributed by atoms with Crippen molar-refractivity contribution in [3.8, 4) is 5.75 Å². The van der Waals surface area contributed by atoms with Gasteiger partial charge in [0.1, 0.15) is 5.75 Å². The lowest BCUT2D eigenvalue weighted by molar-refractivity contribution is 0.382. The van der Waals surface area contributed by atoms with Gasteiger partial charge in [-0.3, -0.25) is 0 Å². The van der Waals surface area contributed by atoms with Gasteiger partial charge in [-0.25, -0.2) is 0 Å². The molecule has 0 aromatic heterocycles. The molecule has 0 spiro atoms. The van der Waals surface area contributed by atoms with Crippen LogP contribution in [0.25, 0.3) is 0 Å². The van der Waals surface area contributed by atoms with E-state index >= 15 is 0 Å². The summed E-state index contributed by atoms with van der Waals surface area (Å²) in [6.07, 6.45) is 3.69. The van der Waals surface area contributed by atoms with Gasteiger partial charge in [0.15, 0.2) is 0 Å². The number of para-hydroxylation sites is 1. The number of methoxy groups -OCH3 is 1. The molecule has 2 N–H and O–H groups in total. The van der Waals surface area contributed by atoms with Gasteiger partial charge in [-0.15, -0.1) is 0 Å². The molecule has 0 radical (unpaired) electrons. The first-order valence-electron chi connectivity index (χ1n) is 6.46. The van der Waals surface area contributed by atoms with E-state index in [2.05, 4.69) is 28.8 Å². The topological polar surface area (TPSA) is 33.3 Å². The van der Waals surface area contributed by atoms with Crippen LogP contribution in [0.1, 0.15) is 24.8 Å². The van der Waals surface area contributed by atoms with E-state index in [1.54, 1.807) is 7.11 Å². The minimum absolute atomic E-state index is 0.184. The van der Waals surface area contributed by atoms with Crippen molar-refractivity contribution in [1.29, 1.82) is 0 Å². The van der Waals surface area contributed by atoms with Gasteiger partial charge in [0.25, 0.3) is 0 Å². The van der Waals surface area contributed by atoms with E-state index in [4.69, 9.17) is 4.74 Å². The van der Waals surface area contributed by atoms with Crippen molar-refractivity contribution in [3.63, 3.8) is 0 Å². The SMILES string of the molecule is COc1ccccc1C1(NC2CCNC2)CC1. The quantitative estimate of drug-likeness (QED) is 0.828. The van der Waals surface area contributed by atoms with Crippen molar-refractivity contribution < 1.29 is 4.74 Å². The Labute approximate surface area is 103 Å². The molecule has 3 nitrogen and oxygen atoms in total. The Morgan fingerprint density at radius 1 is 1.35 bits per heavy atom. The molecule has 0 amide bonds. The number of rotatable bonds is 4. The highest BCUT2D eigenvalue weighted by atomic mass is 16.5. The number of ether oxygens (including phenoxy) is 1. The average Bonchev–Trinajstić information content (AvgIpc) is 2.96. The summed E-state index contributed by atoms with van der Waals surface area (Å²) in [5.74, 6) is 1.02. The Kier molecular flexibility index (Phi) is 2.81. The molecule has 3 rings (SSSR count). The third-order valence-electron chi connectivity index (χ3n) is 3.91. The first-order chi connectivity index (χ1) is 8.34. The highest BCUT2D eigenvalue weighted by Crippen LogP contribution is 2.49. The van der Waals surface area contributed by atoms with Crippen LogP contribution in [0, 0.1) is 0 Å². The summed E-state index contributed by atoms with van der Waals surface area (Å²) in [4.78, 5) is 0. The van der Waals surface area contributed by atoms with Crippen LogP contribution in [0.3, 0.4) is 0 Å². The zero-order valence-corrected chi connectivity index (χ0v) is 10.3. The van der Waals surface area contributed by atoms with E-state index in [1.807, 2.05) is 6.07 Å². The lowest BCUT2D eigenvalue weighted by atomic mass is 10.0. The first-order valence-corrected chi connectivity index (χ1v) is 6.46. The van der Waals surface area contributed by atoms with Crippen LogP contribution in [0.5, 0.6) is 5.75 Å². The third-order valence-corrected chi connectivity index (χ3v) is 3.91. The van der Waals surface area contributed by atoms with Crippen molar-refractivity contribution in [2.45, 2.75) is 30.8 Å². The Morgan fingerprint density at radius 3 is 2.82 bits per heavy atom. The van der Waals surface area contributed by atoms with E-state index in [9.17, 15) is 0 Å². The molecule has 1 atom stereocenters. The Hall–Kier alpha value is -1.06. The van der Waals surface area contributed by atoms with Crippen LogP contribution in [0.4, 0.5) is 0 Å². The van der Waals surface area contributed by atoms with Crippen LogP contribution in [-0.4, -0.2) is 26.2 Å². The maximum absolute atomic E-state index is 5.48. The van der Waals surface area contributed by atoms with Gasteiger partial charge in [0.2, 0.25) is 0 Å². The number of hydrogen-bond acceptors (Lipinski definition) is 3. The van der Waals surface area contributed by atoms with Crippen molar-refractivity contribution in [2.24, 2.45) is 0 Å². The fourth-order valence-corrected chi connectivity index (χ4v) is 2.83. The number of benzene rings is 1. The minimum atomic E-state index is 0.184. The molecule has 17 heavy (non-hydrogen) atoms. The van der Waals surface area contributed by atoms with Gasteiger partial charge in [0.05, 0.1) is 7.11 Å². The van der Waals surface area contributed by atoms with E-state index in [-0.39, 0.29) is 5.54 Å². The van der Waals surface area contributed by atoms with Crippen LogP contribution in [0.2, 0.25) is 0 Å². The lowest BCUT2D eigenvalue weighted by Gasteiger charge is -2.24. The van der Waals surface area contributed by atoms with Crippen LogP contribution in [-0.2, 0) is 5.54 Å². The molecule has 1 saturated heterocycles. The highest BCUT2D eigenvalue weighted by molar-refractivity contribution is 5.42. The molecule has 0 bridgehead atoms. The highest BCUT2D eigenvalue weighted by Gasteiger charge is 2.47. The largest absolute Gasteiger partial charge is 0.496 e. The summed E-state index contributed by atoms with van der Waals surface area (Å²) in [6.45, 7) is 2.23. The van der Waals surface area contributed by atoms with Crippen molar-refractivity contribution in [3.05, 3.63) is 29.8 Å². The predicted octanol–water partition coefficient (Wildman–Crippen LogP) is 1.64. The molecule has 1 heterocycles. The predicted molar refractivity (Wildman–Crippen MR) is 68.3 cm³/mol. The van der Waals surface area contributed by atoms with E-state index in [1.165, 1.54) is 24.8 Å². The zero-order valence-electron chi connectivity index (χ0n) is 10.3. The second kappa shape index (κ2) is 4.31. The maximum Gasteiger partial charge on any atom is 0.123 e. The smallest absolute Gasteiger partial charge is 0.123 e. The van der Waals surface area contributed by atoms with Crippen LogP contribution >= 0.6 is 0 Å². The van der Waals surface area contributed by atoms with Gasteiger partial charge >= 0.3 is 0 Å². The average molecular weight is 232 g/mol. The fourth-order valence-electron chi connectivity index (χ4n) is 2.83. The maximum atomic E-state index is 5.48. The Balaban J connectivity index is 1.81. The van der Waals surface area contributed by atoms with Gasteiger partial charge in [-0.05, 0) is 31.9 Å². The second-order valence-electron chi connectivity index (χ2n) is 5.12. The zero-order chi connectivity index (χ0) is 11.7. The minimum Gasteiger partial charge on any atom is -0.496 e. The van der Waals surface area contributed by atoms with Crippen LogP contribution < -0.4 is 15.4 Å². The molecular formula is C14H20N2O. The Morgan fingerprint density at radius 2 is 2.18 bits per heavy atom. The molecule has 1 aromatic rings.